The first-order chi connectivity index (χ1) is 8.54. The number of benzene rings is 1. The van der Waals surface area contributed by atoms with Crippen LogP contribution >= 0.6 is 0 Å². The normalized spacial score (nSPS) is 11.2. The van der Waals surface area contributed by atoms with E-state index in [1.807, 2.05) is 52.8 Å². The van der Waals surface area contributed by atoms with E-state index < -0.39 is 0 Å². The van der Waals surface area contributed by atoms with Crippen LogP contribution in [0, 0.1) is 13.8 Å². The van der Waals surface area contributed by atoms with E-state index >= 15 is 0 Å². The molecule has 0 saturated heterocycles. The molecule has 1 aromatic carbocycles. The average molecular weight is 251 g/mol. The van der Waals surface area contributed by atoms with Crippen molar-refractivity contribution in [1.82, 2.24) is 5.32 Å². The van der Waals surface area contributed by atoms with Crippen molar-refractivity contribution in [2.24, 2.45) is 0 Å². The summed E-state index contributed by atoms with van der Waals surface area (Å²) in [5.74, 6) is -0.0404. The number of carbonyl (C=O) groups is 1. The number of aryl methyl sites for hydroxylation is 2. The van der Waals surface area contributed by atoms with Crippen LogP contribution < -0.4 is 5.32 Å². The molecule has 102 valence electrons. The summed E-state index contributed by atoms with van der Waals surface area (Å²) < 4.78 is 5.07. The van der Waals surface area contributed by atoms with Crippen molar-refractivity contribution in [3.05, 3.63) is 34.9 Å². The average Bonchev–Trinajstić information content (AvgIpc) is 2.37. The van der Waals surface area contributed by atoms with Crippen LogP contribution in [0.15, 0.2) is 18.2 Å². The van der Waals surface area contributed by atoms with Gasteiger partial charge in [0.05, 0.1) is 6.10 Å². The van der Waals surface area contributed by atoms with Crippen LogP contribution in [0.4, 0.5) is 0 Å². The highest BCUT2D eigenvalue weighted by Gasteiger charge is 2.09. The molecule has 0 aliphatic rings. The van der Waals surface area contributed by atoms with Crippen molar-refractivity contribution < 1.29 is 9.53 Å². The minimum Gasteiger partial charge on any atom is -0.380 e. The molecule has 1 atom stereocenters. The molecule has 1 rings (SSSR count). The van der Waals surface area contributed by atoms with Gasteiger partial charge < -0.3 is 10.1 Å². The predicted octanol–water partition coefficient (Wildman–Crippen LogP) is 3.09. The summed E-state index contributed by atoms with van der Waals surface area (Å²) in [5.41, 5.74) is 2.90. The number of hydrogen-bond acceptors (Lipinski definition) is 2. The molecule has 0 fully saturated rings. The van der Waals surface area contributed by atoms with Gasteiger partial charge in [-0.25, -0.2) is 0 Å². The molecule has 0 aromatic heterocycles. The Bertz CT molecular complexity index is 375. The molecule has 0 saturated carbocycles. The van der Waals surface area contributed by atoms with Gasteiger partial charge in [0, 0.05) is 19.2 Å². The van der Waals surface area contributed by atoms with E-state index in [4.69, 9.17) is 4.74 Å². The maximum atomic E-state index is 11.8. The first kappa shape index (κ1) is 16.6. The van der Waals surface area contributed by atoms with Crippen LogP contribution in [0.5, 0.6) is 0 Å². The van der Waals surface area contributed by atoms with Crippen LogP contribution in [-0.4, -0.2) is 25.7 Å². The van der Waals surface area contributed by atoms with Gasteiger partial charge in [0.15, 0.2) is 0 Å². The Hall–Kier alpha value is -1.35. The summed E-state index contributed by atoms with van der Waals surface area (Å²) in [7, 11) is 1.63. The lowest BCUT2D eigenvalue weighted by Crippen LogP contribution is -2.31. The Labute approximate surface area is 111 Å². The van der Waals surface area contributed by atoms with Crippen molar-refractivity contribution in [2.45, 2.75) is 40.7 Å². The quantitative estimate of drug-likeness (QED) is 0.893. The maximum absolute atomic E-state index is 11.8. The molecule has 0 radical (unpaired) electrons. The second-order valence-electron chi connectivity index (χ2n) is 4.07. The summed E-state index contributed by atoms with van der Waals surface area (Å²) in [6.07, 6.45) is 0.0368. The van der Waals surface area contributed by atoms with E-state index in [9.17, 15) is 4.79 Å². The lowest BCUT2D eigenvalue weighted by atomic mass is 10.1. The van der Waals surface area contributed by atoms with Gasteiger partial charge in [-0.05, 0) is 32.4 Å². The van der Waals surface area contributed by atoms with Gasteiger partial charge in [0.25, 0.3) is 5.91 Å². The standard InChI is InChI=1S/C13H19NO2.C2H6/c1-9-5-6-12(10(2)7-9)13(15)14-8-11(3)16-4;1-2/h5-7,11H,8H2,1-4H3,(H,14,15);1-2H3. The van der Waals surface area contributed by atoms with Crippen molar-refractivity contribution >= 4 is 5.91 Å². The fourth-order valence-electron chi connectivity index (χ4n) is 1.48. The van der Waals surface area contributed by atoms with E-state index in [1.165, 1.54) is 5.56 Å². The van der Waals surface area contributed by atoms with Crippen LogP contribution in [-0.2, 0) is 4.74 Å². The number of nitrogens with one attached hydrogen (secondary N) is 1. The van der Waals surface area contributed by atoms with Gasteiger partial charge >= 0.3 is 0 Å². The highest BCUT2D eigenvalue weighted by molar-refractivity contribution is 5.95. The molecular weight excluding hydrogens is 226 g/mol. The summed E-state index contributed by atoms with van der Waals surface area (Å²) in [6, 6.07) is 5.81. The lowest BCUT2D eigenvalue weighted by Gasteiger charge is -2.12. The number of amides is 1. The summed E-state index contributed by atoms with van der Waals surface area (Å²) in [5, 5.41) is 2.85. The molecular formula is C15H25NO2. The highest BCUT2D eigenvalue weighted by Crippen LogP contribution is 2.10. The van der Waals surface area contributed by atoms with Crippen LogP contribution in [0.2, 0.25) is 0 Å². The third-order valence-electron chi connectivity index (χ3n) is 2.58. The van der Waals surface area contributed by atoms with E-state index in [-0.39, 0.29) is 12.0 Å². The fraction of sp³-hybridized carbons (Fsp3) is 0.533. The predicted molar refractivity (Wildman–Crippen MR) is 76.1 cm³/mol. The second-order valence-corrected chi connectivity index (χ2v) is 4.07. The second kappa shape index (κ2) is 8.70. The molecule has 0 aliphatic carbocycles. The van der Waals surface area contributed by atoms with Gasteiger partial charge in [0.2, 0.25) is 0 Å². The molecule has 18 heavy (non-hydrogen) atoms. The van der Waals surface area contributed by atoms with Crippen LogP contribution in [0.3, 0.4) is 0 Å². The molecule has 1 unspecified atom stereocenters. The Morgan fingerprint density at radius 2 is 1.94 bits per heavy atom. The lowest BCUT2D eigenvalue weighted by molar-refractivity contribution is 0.0870. The molecule has 0 bridgehead atoms. The summed E-state index contributed by atoms with van der Waals surface area (Å²) >= 11 is 0. The third-order valence-corrected chi connectivity index (χ3v) is 2.58. The molecule has 1 aromatic rings. The maximum Gasteiger partial charge on any atom is 0.251 e. The zero-order valence-electron chi connectivity index (χ0n) is 12.3. The third kappa shape index (κ3) is 5.32. The van der Waals surface area contributed by atoms with Crippen LogP contribution in [0.25, 0.3) is 0 Å². The zero-order chi connectivity index (χ0) is 14.1. The van der Waals surface area contributed by atoms with Crippen molar-refractivity contribution in [3.8, 4) is 0 Å². The summed E-state index contributed by atoms with van der Waals surface area (Å²) in [4.78, 5) is 11.8. The number of ether oxygens (including phenoxy) is 1. The van der Waals surface area contributed by atoms with E-state index in [0.29, 0.717) is 6.54 Å². The van der Waals surface area contributed by atoms with Crippen molar-refractivity contribution in [3.63, 3.8) is 0 Å². The van der Waals surface area contributed by atoms with Gasteiger partial charge in [0.1, 0.15) is 0 Å². The monoisotopic (exact) mass is 251 g/mol. The number of methoxy groups -OCH3 is 1. The van der Waals surface area contributed by atoms with E-state index in [0.717, 1.165) is 11.1 Å². The van der Waals surface area contributed by atoms with Gasteiger partial charge in [-0.2, -0.15) is 0 Å². The Balaban J connectivity index is 0.00000137. The molecule has 1 amide bonds. The largest absolute Gasteiger partial charge is 0.380 e. The minimum atomic E-state index is -0.0404. The Kier molecular flexibility index (Phi) is 8.05. The molecule has 3 nitrogen and oxygen atoms in total. The van der Waals surface area contributed by atoms with Crippen LogP contribution in [0.1, 0.15) is 42.3 Å². The first-order valence-corrected chi connectivity index (χ1v) is 6.43. The molecule has 1 N–H and O–H groups in total. The zero-order valence-corrected chi connectivity index (χ0v) is 12.3. The molecule has 0 aliphatic heterocycles. The number of rotatable bonds is 4. The summed E-state index contributed by atoms with van der Waals surface area (Å²) in [6.45, 7) is 10.4. The van der Waals surface area contributed by atoms with Crippen molar-refractivity contribution in [1.29, 1.82) is 0 Å². The first-order valence-electron chi connectivity index (χ1n) is 6.43. The van der Waals surface area contributed by atoms with E-state index in [2.05, 4.69) is 5.32 Å². The molecule has 0 heterocycles. The highest BCUT2D eigenvalue weighted by atomic mass is 16.5. The van der Waals surface area contributed by atoms with Gasteiger partial charge in [-0.3, -0.25) is 4.79 Å². The molecule has 3 heteroatoms. The number of carbonyl (C=O) groups excluding carboxylic acids is 1. The molecule has 0 spiro atoms. The Morgan fingerprint density at radius 3 is 2.44 bits per heavy atom. The van der Waals surface area contributed by atoms with Crippen molar-refractivity contribution in [2.75, 3.05) is 13.7 Å². The Morgan fingerprint density at radius 1 is 1.33 bits per heavy atom. The number of hydrogen-bond donors (Lipinski definition) is 1. The van der Waals surface area contributed by atoms with E-state index in [1.54, 1.807) is 7.11 Å². The van der Waals surface area contributed by atoms with Gasteiger partial charge in [-0.15, -0.1) is 0 Å². The SMILES string of the molecule is CC.COC(C)CNC(=O)c1ccc(C)cc1C. The van der Waals surface area contributed by atoms with Gasteiger partial charge in [-0.1, -0.05) is 31.5 Å². The fourth-order valence-corrected chi connectivity index (χ4v) is 1.48. The smallest absolute Gasteiger partial charge is 0.251 e. The minimum absolute atomic E-state index is 0.0368. The topological polar surface area (TPSA) is 38.3 Å².